The van der Waals surface area contributed by atoms with E-state index in [4.69, 9.17) is 0 Å². The summed E-state index contributed by atoms with van der Waals surface area (Å²) in [4.78, 5) is 14.4. The summed E-state index contributed by atoms with van der Waals surface area (Å²) < 4.78 is 1.91. The van der Waals surface area contributed by atoms with E-state index in [0.717, 1.165) is 44.2 Å². The summed E-state index contributed by atoms with van der Waals surface area (Å²) in [7, 11) is 1.95. The molecule has 0 saturated heterocycles. The lowest BCUT2D eigenvalue weighted by molar-refractivity contribution is -0.134. The zero-order valence-corrected chi connectivity index (χ0v) is 11.9. The van der Waals surface area contributed by atoms with Gasteiger partial charge in [-0.2, -0.15) is 10.4 Å². The number of hydrogen-bond acceptors (Lipinski definition) is 3. The predicted molar refractivity (Wildman–Crippen MR) is 73.5 cm³/mol. The lowest BCUT2D eigenvalue weighted by Crippen LogP contribution is -2.38. The van der Waals surface area contributed by atoms with Gasteiger partial charge in [-0.15, -0.1) is 0 Å². The molecule has 3 rings (SSSR count). The average Bonchev–Trinajstić information content (AvgIpc) is 2.64. The number of fused-ring (bicyclic) bond motifs is 1. The minimum absolute atomic E-state index is 0.128. The number of hydrogen-bond donors (Lipinski definition) is 0. The average molecular weight is 272 g/mol. The smallest absolute Gasteiger partial charge is 0.224 e. The first-order valence-corrected chi connectivity index (χ1v) is 7.32. The van der Waals surface area contributed by atoms with Crippen LogP contribution in [0.1, 0.15) is 43.4 Å². The van der Waals surface area contributed by atoms with Crippen molar-refractivity contribution in [1.29, 1.82) is 5.26 Å². The fraction of sp³-hybridized carbons (Fsp3) is 0.667. The van der Waals surface area contributed by atoms with Crippen molar-refractivity contribution in [2.24, 2.45) is 12.5 Å². The molecule has 1 fully saturated rings. The van der Waals surface area contributed by atoms with Gasteiger partial charge in [-0.3, -0.25) is 9.48 Å². The first kappa shape index (κ1) is 13.2. The summed E-state index contributed by atoms with van der Waals surface area (Å²) in [5.74, 6) is 0.128. The van der Waals surface area contributed by atoms with Crippen molar-refractivity contribution in [2.45, 2.75) is 45.1 Å². The summed E-state index contributed by atoms with van der Waals surface area (Å²) in [6, 6.07) is 2.36. The van der Waals surface area contributed by atoms with Gasteiger partial charge in [0.1, 0.15) is 0 Å². The molecule has 0 radical (unpaired) electrons. The van der Waals surface area contributed by atoms with E-state index in [9.17, 15) is 10.1 Å². The van der Waals surface area contributed by atoms with Gasteiger partial charge >= 0.3 is 0 Å². The van der Waals surface area contributed by atoms with Crippen LogP contribution in [0, 0.1) is 16.7 Å². The van der Waals surface area contributed by atoms with E-state index in [1.165, 1.54) is 5.69 Å². The standard InChI is InChI=1S/C15H20N4O/c1-18-13-4-2-7-19(10-12(13)9-17-18)14(20)8-15(11-16)5-3-6-15/h9H,2-8,10H2,1H3. The highest BCUT2D eigenvalue weighted by molar-refractivity contribution is 5.77. The Hall–Kier alpha value is -1.83. The molecule has 106 valence electrons. The van der Waals surface area contributed by atoms with E-state index in [0.29, 0.717) is 13.0 Å². The fourth-order valence-electron chi connectivity index (χ4n) is 3.23. The lowest BCUT2D eigenvalue weighted by atomic mass is 9.67. The number of carbonyl (C=O) groups excluding carboxylic acids is 1. The predicted octanol–water partition coefficient (Wildman–Crippen LogP) is 1.78. The molecule has 0 N–H and O–H groups in total. The topological polar surface area (TPSA) is 61.9 Å². The highest BCUT2D eigenvalue weighted by Crippen LogP contribution is 2.43. The van der Waals surface area contributed by atoms with E-state index in [2.05, 4.69) is 11.2 Å². The maximum absolute atomic E-state index is 12.5. The van der Waals surface area contributed by atoms with Gasteiger partial charge in [-0.1, -0.05) is 6.42 Å². The molecular formula is C15H20N4O. The van der Waals surface area contributed by atoms with Crippen molar-refractivity contribution < 1.29 is 4.79 Å². The van der Waals surface area contributed by atoms with Gasteiger partial charge in [0.25, 0.3) is 0 Å². The Labute approximate surface area is 119 Å². The maximum Gasteiger partial charge on any atom is 0.224 e. The van der Waals surface area contributed by atoms with Crippen LogP contribution in [0.2, 0.25) is 0 Å². The second-order valence-corrected chi connectivity index (χ2v) is 6.08. The first-order valence-electron chi connectivity index (χ1n) is 7.32. The number of aryl methyl sites for hydroxylation is 1. The Morgan fingerprint density at radius 2 is 2.30 bits per heavy atom. The van der Waals surface area contributed by atoms with Gasteiger partial charge in [0.15, 0.2) is 0 Å². The molecular weight excluding hydrogens is 252 g/mol. The van der Waals surface area contributed by atoms with Crippen LogP contribution >= 0.6 is 0 Å². The van der Waals surface area contributed by atoms with Gasteiger partial charge in [-0.25, -0.2) is 0 Å². The van der Waals surface area contributed by atoms with E-state index in [-0.39, 0.29) is 11.3 Å². The molecule has 1 aromatic heterocycles. The number of carbonyl (C=O) groups is 1. The maximum atomic E-state index is 12.5. The Morgan fingerprint density at radius 1 is 1.50 bits per heavy atom. The van der Waals surface area contributed by atoms with Crippen molar-refractivity contribution in [2.75, 3.05) is 6.54 Å². The Morgan fingerprint density at radius 3 is 2.95 bits per heavy atom. The molecule has 1 amide bonds. The van der Waals surface area contributed by atoms with Crippen LogP contribution in [0.4, 0.5) is 0 Å². The number of nitriles is 1. The summed E-state index contributed by atoms with van der Waals surface area (Å²) in [6.45, 7) is 1.43. The zero-order chi connectivity index (χ0) is 14.2. The molecule has 0 spiro atoms. The molecule has 1 aliphatic heterocycles. The summed E-state index contributed by atoms with van der Waals surface area (Å²) >= 11 is 0. The van der Waals surface area contributed by atoms with Crippen molar-refractivity contribution in [3.05, 3.63) is 17.5 Å². The monoisotopic (exact) mass is 272 g/mol. The molecule has 20 heavy (non-hydrogen) atoms. The van der Waals surface area contributed by atoms with E-state index in [1.807, 2.05) is 22.8 Å². The largest absolute Gasteiger partial charge is 0.338 e. The van der Waals surface area contributed by atoms with Gasteiger partial charge in [-0.05, 0) is 25.7 Å². The number of aromatic nitrogens is 2. The van der Waals surface area contributed by atoms with Crippen LogP contribution < -0.4 is 0 Å². The Balaban J connectivity index is 1.71. The van der Waals surface area contributed by atoms with Crippen LogP contribution in [0.25, 0.3) is 0 Å². The van der Waals surface area contributed by atoms with Crippen molar-refractivity contribution in [3.63, 3.8) is 0 Å². The molecule has 5 heteroatoms. The van der Waals surface area contributed by atoms with Gasteiger partial charge < -0.3 is 4.90 Å². The summed E-state index contributed by atoms with van der Waals surface area (Å²) in [6.07, 6.45) is 7.02. The van der Waals surface area contributed by atoms with E-state index in [1.54, 1.807) is 0 Å². The number of nitrogens with zero attached hydrogens (tertiary/aromatic N) is 4. The quantitative estimate of drug-likeness (QED) is 0.824. The zero-order valence-electron chi connectivity index (χ0n) is 11.9. The first-order chi connectivity index (χ1) is 9.63. The van der Waals surface area contributed by atoms with Crippen molar-refractivity contribution in [3.8, 4) is 6.07 Å². The van der Waals surface area contributed by atoms with Gasteiger partial charge in [0.05, 0.1) is 17.7 Å². The normalized spacial score (nSPS) is 20.5. The molecule has 1 aromatic rings. The Bertz CT molecular complexity index is 565. The molecule has 1 saturated carbocycles. The van der Waals surface area contributed by atoms with Crippen LogP contribution in [-0.2, 0) is 24.8 Å². The minimum Gasteiger partial charge on any atom is -0.338 e. The highest BCUT2D eigenvalue weighted by Gasteiger charge is 2.40. The molecule has 0 unspecified atom stereocenters. The lowest BCUT2D eigenvalue weighted by Gasteiger charge is -2.36. The molecule has 2 heterocycles. The Kier molecular flexibility index (Phi) is 3.25. The van der Waals surface area contributed by atoms with Crippen molar-refractivity contribution in [1.82, 2.24) is 14.7 Å². The molecule has 0 bridgehead atoms. The SMILES string of the molecule is Cn1ncc2c1CCCN(C(=O)CC1(C#N)CCC1)C2. The minimum atomic E-state index is -0.374. The second kappa shape index (κ2) is 4.93. The van der Waals surface area contributed by atoms with Crippen LogP contribution in [0.5, 0.6) is 0 Å². The highest BCUT2D eigenvalue weighted by atomic mass is 16.2. The third-order valence-corrected chi connectivity index (χ3v) is 4.74. The molecule has 0 atom stereocenters. The van der Waals surface area contributed by atoms with E-state index < -0.39 is 0 Å². The van der Waals surface area contributed by atoms with Crippen LogP contribution in [-0.4, -0.2) is 27.1 Å². The molecule has 0 aromatic carbocycles. The third kappa shape index (κ3) is 2.20. The molecule has 2 aliphatic rings. The fourth-order valence-corrected chi connectivity index (χ4v) is 3.23. The van der Waals surface area contributed by atoms with Gasteiger partial charge in [0, 0.05) is 37.8 Å². The van der Waals surface area contributed by atoms with E-state index >= 15 is 0 Å². The molecule has 1 aliphatic carbocycles. The summed E-state index contributed by atoms with van der Waals surface area (Å²) in [5.41, 5.74) is 2.01. The second-order valence-electron chi connectivity index (χ2n) is 6.08. The third-order valence-electron chi connectivity index (χ3n) is 4.74. The number of rotatable bonds is 2. The number of amides is 1. The van der Waals surface area contributed by atoms with Crippen LogP contribution in [0.3, 0.4) is 0 Å². The van der Waals surface area contributed by atoms with Crippen LogP contribution in [0.15, 0.2) is 6.20 Å². The molecule has 5 nitrogen and oxygen atoms in total. The van der Waals surface area contributed by atoms with Crippen molar-refractivity contribution >= 4 is 5.91 Å². The summed E-state index contributed by atoms with van der Waals surface area (Å²) in [5, 5.41) is 13.5. The van der Waals surface area contributed by atoms with Gasteiger partial charge in [0.2, 0.25) is 5.91 Å².